The van der Waals surface area contributed by atoms with Gasteiger partial charge in [0.2, 0.25) is 5.13 Å². The molecule has 9 heteroatoms. The van der Waals surface area contributed by atoms with E-state index in [1.54, 1.807) is 34.9 Å². The van der Waals surface area contributed by atoms with Gasteiger partial charge in [0, 0.05) is 17.3 Å². The molecule has 4 rings (SSSR count). The second kappa shape index (κ2) is 9.18. The molecule has 2 N–H and O–H groups in total. The molecule has 0 spiro atoms. The van der Waals surface area contributed by atoms with E-state index in [0.717, 1.165) is 46.5 Å². The lowest BCUT2D eigenvalue weighted by Crippen LogP contribution is -2.33. The first kappa shape index (κ1) is 20.9. The molecule has 0 saturated heterocycles. The lowest BCUT2D eigenvalue weighted by Gasteiger charge is -2.26. The maximum absolute atomic E-state index is 13.7. The van der Waals surface area contributed by atoms with Gasteiger partial charge in [-0.3, -0.25) is 4.98 Å². The van der Waals surface area contributed by atoms with Crippen LogP contribution in [0, 0.1) is 12.7 Å². The van der Waals surface area contributed by atoms with Gasteiger partial charge in [-0.15, -0.1) is 21.5 Å². The van der Waals surface area contributed by atoms with Gasteiger partial charge >= 0.3 is 0 Å². The van der Waals surface area contributed by atoms with Crippen LogP contribution < -0.4 is 10.6 Å². The Morgan fingerprint density at radius 2 is 2.10 bits per heavy atom. The maximum atomic E-state index is 13.7. The van der Waals surface area contributed by atoms with Gasteiger partial charge in [0.25, 0.3) is 0 Å². The van der Waals surface area contributed by atoms with Crippen LogP contribution in [0.5, 0.6) is 0 Å². The van der Waals surface area contributed by atoms with E-state index < -0.39 is 0 Å². The Morgan fingerprint density at radius 1 is 1.27 bits per heavy atom. The van der Waals surface area contributed by atoms with Crippen LogP contribution >= 0.6 is 22.7 Å². The minimum absolute atomic E-state index is 0.141. The van der Waals surface area contributed by atoms with Crippen molar-refractivity contribution >= 4 is 27.8 Å². The number of halogens is 1. The maximum Gasteiger partial charge on any atom is 0.206 e. The van der Waals surface area contributed by atoms with Crippen LogP contribution in [0.2, 0.25) is 0 Å². The van der Waals surface area contributed by atoms with Gasteiger partial charge in [-0.1, -0.05) is 24.2 Å². The second-order valence-electron chi connectivity index (χ2n) is 7.63. The third-order valence-electron chi connectivity index (χ3n) is 5.29. The minimum atomic E-state index is -0.293. The van der Waals surface area contributed by atoms with Gasteiger partial charge in [-0.25, -0.2) is 9.37 Å². The Bertz CT molecular complexity index is 1010. The van der Waals surface area contributed by atoms with Crippen molar-refractivity contribution in [1.82, 2.24) is 25.5 Å². The molecule has 6 nitrogen and oxygen atoms in total. The summed E-state index contributed by atoms with van der Waals surface area (Å²) in [6.45, 7) is 4.48. The van der Waals surface area contributed by atoms with Crippen LogP contribution in [0.1, 0.15) is 59.9 Å². The molecule has 1 aliphatic rings. The third-order valence-corrected chi connectivity index (χ3v) is 7.46. The lowest BCUT2D eigenvalue weighted by atomic mass is 9.98. The van der Waals surface area contributed by atoms with Gasteiger partial charge in [-0.2, -0.15) is 0 Å². The summed E-state index contributed by atoms with van der Waals surface area (Å²) >= 11 is 3.25. The van der Waals surface area contributed by atoms with Crippen molar-refractivity contribution in [3.63, 3.8) is 0 Å². The summed E-state index contributed by atoms with van der Waals surface area (Å²) in [6.07, 6.45) is 10.0. The normalized spacial score (nSPS) is 16.8. The van der Waals surface area contributed by atoms with Gasteiger partial charge in [-0.05, 0) is 51.1 Å². The number of thiazole rings is 1. The van der Waals surface area contributed by atoms with E-state index in [1.807, 2.05) is 13.1 Å². The Balaban J connectivity index is 1.41. The van der Waals surface area contributed by atoms with Crippen molar-refractivity contribution in [2.45, 2.75) is 57.5 Å². The Labute approximate surface area is 183 Å². The van der Waals surface area contributed by atoms with Crippen LogP contribution in [0.3, 0.4) is 0 Å². The van der Waals surface area contributed by atoms with Gasteiger partial charge in [0.15, 0.2) is 0 Å². The second-order valence-corrected chi connectivity index (χ2v) is 9.53. The lowest BCUT2D eigenvalue weighted by molar-refractivity contribution is 0.582. The number of aromatic nitrogens is 4. The summed E-state index contributed by atoms with van der Waals surface area (Å²) < 4.78 is 13.7. The highest BCUT2D eigenvalue weighted by atomic mass is 32.1. The average molecular weight is 445 g/mol. The van der Waals surface area contributed by atoms with E-state index in [2.05, 4.69) is 49.2 Å². The summed E-state index contributed by atoms with van der Waals surface area (Å²) in [5.41, 5.74) is 1.29. The standard InChI is InChI=1S/C21H25FN6S2/c1-14-13-29-18(25-14)15(2)19-27-28-20(30-19)26-21(7-3-4-8-21)9-11-23-12-17-16(22)6-5-10-24-17/h5-6,9-11,13,15,23H,3-4,7-8,12H2,1-2H3,(H,26,28)/b11-9-. The average Bonchev–Trinajstić information content (AvgIpc) is 3.48. The quantitative estimate of drug-likeness (QED) is 0.508. The highest BCUT2D eigenvalue weighted by Crippen LogP contribution is 2.37. The summed E-state index contributed by atoms with van der Waals surface area (Å²) in [5.74, 6) is -0.153. The number of nitrogens with one attached hydrogen (secondary N) is 2. The summed E-state index contributed by atoms with van der Waals surface area (Å²) in [7, 11) is 0. The first-order chi connectivity index (χ1) is 14.5. The largest absolute Gasteiger partial charge is 0.385 e. The Morgan fingerprint density at radius 3 is 2.83 bits per heavy atom. The fourth-order valence-electron chi connectivity index (χ4n) is 3.61. The highest BCUT2D eigenvalue weighted by Gasteiger charge is 2.32. The van der Waals surface area contributed by atoms with Crippen LogP contribution in [-0.4, -0.2) is 25.7 Å². The molecule has 0 aliphatic heterocycles. The van der Waals surface area contributed by atoms with Crippen molar-refractivity contribution in [1.29, 1.82) is 0 Å². The molecular weight excluding hydrogens is 419 g/mol. The van der Waals surface area contributed by atoms with E-state index in [9.17, 15) is 4.39 Å². The van der Waals surface area contributed by atoms with Crippen LogP contribution in [-0.2, 0) is 6.54 Å². The number of hydrogen-bond donors (Lipinski definition) is 2. The Kier molecular flexibility index (Phi) is 6.38. The monoisotopic (exact) mass is 444 g/mol. The van der Waals surface area contributed by atoms with Crippen LogP contribution in [0.15, 0.2) is 36.0 Å². The van der Waals surface area contributed by atoms with Crippen molar-refractivity contribution in [2.75, 3.05) is 5.32 Å². The molecule has 1 aliphatic carbocycles. The minimum Gasteiger partial charge on any atom is -0.385 e. The molecule has 0 amide bonds. The Hall–Kier alpha value is -2.39. The van der Waals surface area contributed by atoms with E-state index >= 15 is 0 Å². The predicted molar refractivity (Wildman–Crippen MR) is 119 cm³/mol. The van der Waals surface area contributed by atoms with E-state index in [-0.39, 0.29) is 17.3 Å². The fourth-order valence-corrected chi connectivity index (χ4v) is 5.45. The van der Waals surface area contributed by atoms with Gasteiger partial charge in [0.1, 0.15) is 15.8 Å². The SMILES string of the molecule is Cc1csc(C(C)c2nnc(NC3(/C=C\NCc4ncccc4F)CCCC3)s2)n1. The molecule has 30 heavy (non-hydrogen) atoms. The van der Waals surface area contributed by atoms with Crippen LogP contribution in [0.4, 0.5) is 9.52 Å². The molecule has 3 heterocycles. The highest BCUT2D eigenvalue weighted by molar-refractivity contribution is 7.15. The molecule has 3 aromatic heterocycles. The molecular formula is C21H25FN6S2. The zero-order valence-corrected chi connectivity index (χ0v) is 18.7. The fraction of sp³-hybridized carbons (Fsp3) is 0.429. The summed E-state index contributed by atoms with van der Waals surface area (Å²) in [4.78, 5) is 8.65. The van der Waals surface area contributed by atoms with Gasteiger partial charge < -0.3 is 10.6 Å². The summed E-state index contributed by atoms with van der Waals surface area (Å²) in [6, 6.07) is 3.02. The van der Waals surface area contributed by atoms with E-state index in [4.69, 9.17) is 0 Å². The number of aryl methyl sites for hydroxylation is 1. The molecule has 3 aromatic rings. The van der Waals surface area contributed by atoms with Crippen molar-refractivity contribution in [2.24, 2.45) is 0 Å². The van der Waals surface area contributed by atoms with E-state index in [1.165, 1.54) is 6.07 Å². The van der Waals surface area contributed by atoms with Crippen molar-refractivity contribution in [3.05, 3.63) is 63.2 Å². The number of nitrogens with zero attached hydrogens (tertiary/aromatic N) is 4. The molecule has 0 radical (unpaired) electrons. The van der Waals surface area contributed by atoms with Gasteiger partial charge in [0.05, 0.1) is 23.7 Å². The smallest absolute Gasteiger partial charge is 0.206 e. The first-order valence-corrected chi connectivity index (χ1v) is 11.8. The molecule has 158 valence electrons. The van der Waals surface area contributed by atoms with E-state index in [0.29, 0.717) is 12.2 Å². The number of pyridine rings is 1. The number of hydrogen-bond acceptors (Lipinski definition) is 8. The van der Waals surface area contributed by atoms with Crippen molar-refractivity contribution in [3.8, 4) is 0 Å². The van der Waals surface area contributed by atoms with Crippen LogP contribution in [0.25, 0.3) is 0 Å². The zero-order chi connectivity index (χ0) is 21.0. The summed E-state index contributed by atoms with van der Waals surface area (Å²) in [5, 5.41) is 20.5. The molecule has 1 fully saturated rings. The molecule has 0 aromatic carbocycles. The molecule has 0 bridgehead atoms. The number of rotatable bonds is 8. The third kappa shape index (κ3) is 4.84. The molecule has 1 atom stereocenters. The first-order valence-electron chi connectivity index (χ1n) is 10.1. The predicted octanol–water partition coefficient (Wildman–Crippen LogP) is 5.02. The molecule has 1 unspecified atom stereocenters. The topological polar surface area (TPSA) is 75.6 Å². The zero-order valence-electron chi connectivity index (χ0n) is 17.1. The number of anilines is 1. The molecule has 1 saturated carbocycles. The van der Waals surface area contributed by atoms with Crippen molar-refractivity contribution < 1.29 is 4.39 Å².